The van der Waals surface area contributed by atoms with Crippen LogP contribution in [-0.2, 0) is 17.9 Å². The van der Waals surface area contributed by atoms with Crippen LogP contribution in [0.25, 0.3) is 22.3 Å². The molecule has 1 amide bonds. The molecule has 4 aromatic rings. The Bertz CT molecular complexity index is 1320. The second-order valence-corrected chi connectivity index (χ2v) is 6.48. The van der Waals surface area contributed by atoms with Crippen molar-refractivity contribution in [1.82, 2.24) is 30.0 Å². The maximum Gasteiger partial charge on any atom is 0.329 e. The molecule has 0 aliphatic heterocycles. The Morgan fingerprint density at radius 2 is 1.90 bits per heavy atom. The van der Waals surface area contributed by atoms with Crippen molar-refractivity contribution >= 4 is 16.8 Å². The van der Waals surface area contributed by atoms with E-state index in [9.17, 15) is 14.4 Å². The van der Waals surface area contributed by atoms with Gasteiger partial charge in [0.15, 0.2) is 5.82 Å². The summed E-state index contributed by atoms with van der Waals surface area (Å²) in [5.74, 6) is 1.14. The topological polar surface area (TPSA) is 135 Å². The number of ether oxygens (including phenoxy) is 1. The number of aromatic amines is 2. The van der Waals surface area contributed by atoms with Gasteiger partial charge in [0.1, 0.15) is 18.1 Å². The number of carbonyl (C=O) groups is 1. The van der Waals surface area contributed by atoms with Gasteiger partial charge in [-0.15, -0.1) is 0 Å². The number of amides is 1. The van der Waals surface area contributed by atoms with Gasteiger partial charge in [-0.05, 0) is 36.4 Å². The Kier molecular flexibility index (Phi) is 5.12. The van der Waals surface area contributed by atoms with Gasteiger partial charge in [-0.25, -0.2) is 9.78 Å². The van der Waals surface area contributed by atoms with Crippen molar-refractivity contribution in [3.8, 4) is 17.1 Å². The van der Waals surface area contributed by atoms with Gasteiger partial charge in [0, 0.05) is 5.56 Å². The molecular formula is C20H18N6O4. The fourth-order valence-corrected chi connectivity index (χ4v) is 2.97. The average molecular weight is 406 g/mol. The van der Waals surface area contributed by atoms with Crippen molar-refractivity contribution in [2.45, 2.75) is 13.1 Å². The highest BCUT2D eigenvalue weighted by Gasteiger charge is 2.12. The number of methoxy groups -OCH3 is 1. The Balaban J connectivity index is 1.43. The van der Waals surface area contributed by atoms with Crippen LogP contribution in [0.2, 0.25) is 0 Å². The fourth-order valence-electron chi connectivity index (χ4n) is 2.97. The summed E-state index contributed by atoms with van der Waals surface area (Å²) in [4.78, 5) is 43.9. The van der Waals surface area contributed by atoms with Crippen molar-refractivity contribution in [3.05, 3.63) is 75.2 Å². The highest BCUT2D eigenvalue weighted by molar-refractivity contribution is 5.78. The minimum absolute atomic E-state index is 0.0717. The number of nitrogens with zero attached hydrogens (tertiary/aromatic N) is 3. The number of aromatic nitrogens is 5. The van der Waals surface area contributed by atoms with Crippen molar-refractivity contribution in [3.63, 3.8) is 0 Å². The summed E-state index contributed by atoms with van der Waals surface area (Å²) in [6, 6.07) is 13.9. The first-order valence-electron chi connectivity index (χ1n) is 9.09. The zero-order chi connectivity index (χ0) is 21.1. The minimum Gasteiger partial charge on any atom is -0.497 e. The van der Waals surface area contributed by atoms with E-state index in [0.717, 1.165) is 15.9 Å². The number of H-pyrrole nitrogens is 2. The van der Waals surface area contributed by atoms with Gasteiger partial charge >= 0.3 is 5.69 Å². The molecule has 4 rings (SSSR count). The number of fused-ring (bicyclic) bond motifs is 1. The SMILES string of the molecule is COc1ccc(-c2n[nH]c(CNC(=O)Cn3c(=O)[nH]c4ccccc4c3=O)n2)cc1. The van der Waals surface area contributed by atoms with Crippen LogP contribution < -0.4 is 21.3 Å². The molecule has 10 nitrogen and oxygen atoms in total. The third-order valence-electron chi connectivity index (χ3n) is 4.52. The molecule has 0 atom stereocenters. The number of benzene rings is 2. The number of hydrogen-bond acceptors (Lipinski definition) is 6. The Morgan fingerprint density at radius 3 is 2.67 bits per heavy atom. The summed E-state index contributed by atoms with van der Waals surface area (Å²) in [5, 5.41) is 9.85. The highest BCUT2D eigenvalue weighted by atomic mass is 16.5. The third kappa shape index (κ3) is 3.83. The van der Waals surface area contributed by atoms with E-state index in [1.54, 1.807) is 43.5 Å². The van der Waals surface area contributed by atoms with E-state index >= 15 is 0 Å². The molecule has 30 heavy (non-hydrogen) atoms. The smallest absolute Gasteiger partial charge is 0.329 e. The fraction of sp³-hybridized carbons (Fsp3) is 0.150. The molecule has 2 heterocycles. The van der Waals surface area contributed by atoms with Gasteiger partial charge in [0.05, 0.1) is 24.6 Å². The van der Waals surface area contributed by atoms with Gasteiger partial charge < -0.3 is 15.0 Å². The molecule has 2 aromatic heterocycles. The first-order valence-corrected chi connectivity index (χ1v) is 9.09. The molecule has 3 N–H and O–H groups in total. The molecule has 0 saturated carbocycles. The summed E-state index contributed by atoms with van der Waals surface area (Å²) in [5.41, 5.74) is 0.0528. The first kappa shape index (κ1) is 19.1. The lowest BCUT2D eigenvalue weighted by atomic mass is 10.2. The summed E-state index contributed by atoms with van der Waals surface area (Å²) in [6.45, 7) is -0.333. The Hall–Kier alpha value is -4.21. The number of nitrogens with one attached hydrogen (secondary N) is 3. The molecule has 152 valence electrons. The van der Waals surface area contributed by atoms with Gasteiger partial charge in [-0.2, -0.15) is 5.10 Å². The second kappa shape index (κ2) is 8.03. The van der Waals surface area contributed by atoms with Crippen LogP contribution in [0, 0.1) is 0 Å². The van der Waals surface area contributed by atoms with Crippen molar-refractivity contribution in [2.24, 2.45) is 0 Å². The molecule has 0 radical (unpaired) electrons. The van der Waals surface area contributed by atoms with Crippen LogP contribution in [0.5, 0.6) is 5.75 Å². The zero-order valence-corrected chi connectivity index (χ0v) is 16.0. The molecule has 0 fully saturated rings. The second-order valence-electron chi connectivity index (χ2n) is 6.48. The lowest BCUT2D eigenvalue weighted by Crippen LogP contribution is -2.40. The maximum atomic E-state index is 12.5. The summed E-state index contributed by atoms with van der Waals surface area (Å²) in [7, 11) is 1.59. The predicted molar refractivity (Wildman–Crippen MR) is 109 cm³/mol. The average Bonchev–Trinajstić information content (AvgIpc) is 3.24. The van der Waals surface area contributed by atoms with Crippen molar-refractivity contribution in [1.29, 1.82) is 0 Å². The van der Waals surface area contributed by atoms with Crippen LogP contribution >= 0.6 is 0 Å². The third-order valence-corrected chi connectivity index (χ3v) is 4.52. The molecule has 0 bridgehead atoms. The zero-order valence-electron chi connectivity index (χ0n) is 16.0. The normalized spacial score (nSPS) is 10.8. The van der Waals surface area contributed by atoms with E-state index in [2.05, 4.69) is 25.5 Å². The predicted octanol–water partition coefficient (Wildman–Crippen LogP) is 0.800. The standard InChI is InChI=1S/C20H18N6O4/c1-30-13-8-6-12(7-9-13)18-23-16(24-25-18)10-21-17(27)11-26-19(28)14-4-2-3-5-15(14)22-20(26)29/h2-9H,10-11H2,1H3,(H,21,27)(H,22,29)(H,23,24,25). The molecule has 0 unspecified atom stereocenters. The number of carbonyl (C=O) groups excluding carboxylic acids is 1. The molecule has 0 aliphatic rings. The van der Waals surface area contributed by atoms with Crippen LogP contribution in [0.4, 0.5) is 0 Å². The number of para-hydroxylation sites is 1. The van der Waals surface area contributed by atoms with Crippen molar-refractivity contribution < 1.29 is 9.53 Å². The van der Waals surface area contributed by atoms with Crippen LogP contribution in [0.15, 0.2) is 58.1 Å². The lowest BCUT2D eigenvalue weighted by Gasteiger charge is -2.06. The molecule has 10 heteroatoms. The van der Waals surface area contributed by atoms with Crippen molar-refractivity contribution in [2.75, 3.05) is 7.11 Å². The number of hydrogen-bond donors (Lipinski definition) is 3. The van der Waals surface area contributed by atoms with Crippen LogP contribution in [0.3, 0.4) is 0 Å². The van der Waals surface area contributed by atoms with E-state index in [1.165, 1.54) is 0 Å². The van der Waals surface area contributed by atoms with Gasteiger partial charge in [0.2, 0.25) is 5.91 Å². The van der Waals surface area contributed by atoms with E-state index < -0.39 is 23.7 Å². The molecular weight excluding hydrogens is 388 g/mol. The van der Waals surface area contributed by atoms with Crippen LogP contribution in [0.1, 0.15) is 5.82 Å². The van der Waals surface area contributed by atoms with E-state index in [1.807, 2.05) is 12.1 Å². The highest BCUT2D eigenvalue weighted by Crippen LogP contribution is 2.18. The molecule has 0 aliphatic carbocycles. The Morgan fingerprint density at radius 1 is 1.13 bits per heavy atom. The Labute approximate surface area is 169 Å². The number of rotatable bonds is 6. The summed E-state index contributed by atoms with van der Waals surface area (Å²) in [6.07, 6.45) is 0. The van der Waals surface area contributed by atoms with E-state index in [0.29, 0.717) is 22.6 Å². The van der Waals surface area contributed by atoms with Gasteiger partial charge in [-0.1, -0.05) is 12.1 Å². The van der Waals surface area contributed by atoms with Gasteiger partial charge in [-0.3, -0.25) is 19.3 Å². The van der Waals surface area contributed by atoms with Gasteiger partial charge in [0.25, 0.3) is 5.56 Å². The largest absolute Gasteiger partial charge is 0.497 e. The monoisotopic (exact) mass is 406 g/mol. The summed E-state index contributed by atoms with van der Waals surface area (Å²) >= 11 is 0. The minimum atomic E-state index is -0.643. The molecule has 0 spiro atoms. The summed E-state index contributed by atoms with van der Waals surface area (Å²) < 4.78 is 5.98. The lowest BCUT2D eigenvalue weighted by molar-refractivity contribution is -0.122. The van der Waals surface area contributed by atoms with E-state index in [4.69, 9.17) is 4.74 Å². The van der Waals surface area contributed by atoms with Crippen LogP contribution in [-0.4, -0.2) is 37.7 Å². The van der Waals surface area contributed by atoms with E-state index in [-0.39, 0.29) is 6.54 Å². The maximum absolute atomic E-state index is 12.5. The first-order chi connectivity index (χ1) is 14.5. The molecule has 0 saturated heterocycles. The quantitative estimate of drug-likeness (QED) is 0.434. The molecule has 2 aromatic carbocycles.